The molecular formula is C18H33Cl. The molecule has 0 heterocycles. The van der Waals surface area contributed by atoms with Gasteiger partial charge in [0.1, 0.15) is 0 Å². The second-order valence-electron chi connectivity index (χ2n) is 7.92. The maximum Gasteiger partial charge on any atom is 0.0372 e. The molecule has 0 aromatic heterocycles. The molecule has 5 atom stereocenters. The predicted octanol–water partition coefficient (Wildman–Crippen LogP) is 6.27. The Kier molecular flexibility index (Phi) is 5.26. The van der Waals surface area contributed by atoms with Gasteiger partial charge in [0.2, 0.25) is 0 Å². The van der Waals surface area contributed by atoms with Gasteiger partial charge in [-0.15, -0.1) is 11.6 Å². The van der Waals surface area contributed by atoms with Crippen molar-refractivity contribution in [1.29, 1.82) is 0 Å². The molecule has 0 nitrogen and oxygen atoms in total. The van der Waals surface area contributed by atoms with Crippen molar-refractivity contribution in [3.8, 4) is 0 Å². The molecule has 0 radical (unpaired) electrons. The lowest BCUT2D eigenvalue weighted by atomic mass is 9.57. The third-order valence-electron chi connectivity index (χ3n) is 6.38. The summed E-state index contributed by atoms with van der Waals surface area (Å²) in [5.74, 6) is 3.43. The van der Waals surface area contributed by atoms with Gasteiger partial charge in [0, 0.05) is 5.38 Å². The molecule has 2 rings (SSSR count). The topological polar surface area (TPSA) is 0 Å². The first-order valence-electron chi connectivity index (χ1n) is 8.60. The van der Waals surface area contributed by atoms with E-state index in [1.54, 1.807) is 0 Å². The van der Waals surface area contributed by atoms with Crippen LogP contribution in [-0.4, -0.2) is 5.38 Å². The molecule has 0 amide bonds. The molecule has 0 aromatic rings. The lowest BCUT2D eigenvalue weighted by Gasteiger charge is -2.50. The van der Waals surface area contributed by atoms with E-state index in [-0.39, 0.29) is 0 Å². The van der Waals surface area contributed by atoms with Gasteiger partial charge in [-0.2, -0.15) is 0 Å². The highest BCUT2D eigenvalue weighted by atomic mass is 35.5. The van der Waals surface area contributed by atoms with Crippen molar-refractivity contribution < 1.29 is 0 Å². The lowest BCUT2D eigenvalue weighted by molar-refractivity contribution is 0.0156. The quantitative estimate of drug-likeness (QED) is 0.536. The fourth-order valence-corrected chi connectivity index (χ4v) is 5.86. The zero-order chi connectivity index (χ0) is 14.0. The summed E-state index contributed by atoms with van der Waals surface area (Å²) in [6.45, 7) is 9.82. The van der Waals surface area contributed by atoms with Gasteiger partial charge in [-0.25, -0.2) is 0 Å². The van der Waals surface area contributed by atoms with Crippen LogP contribution in [0.5, 0.6) is 0 Å². The van der Waals surface area contributed by atoms with Crippen LogP contribution >= 0.6 is 11.6 Å². The summed E-state index contributed by atoms with van der Waals surface area (Å²) >= 11 is 6.77. The molecule has 0 N–H and O–H groups in total. The molecule has 0 saturated heterocycles. The van der Waals surface area contributed by atoms with Crippen molar-refractivity contribution >= 4 is 11.6 Å². The van der Waals surface area contributed by atoms with Crippen molar-refractivity contribution in [2.24, 2.45) is 29.1 Å². The Bertz CT molecular complexity index is 283. The molecule has 5 unspecified atom stereocenters. The first-order valence-corrected chi connectivity index (χ1v) is 9.04. The maximum absolute atomic E-state index is 6.77. The predicted molar refractivity (Wildman–Crippen MR) is 85.7 cm³/mol. The van der Waals surface area contributed by atoms with Gasteiger partial charge in [0.25, 0.3) is 0 Å². The van der Waals surface area contributed by atoms with E-state index in [4.69, 9.17) is 11.6 Å². The molecular weight excluding hydrogens is 252 g/mol. The number of rotatable bonds is 3. The van der Waals surface area contributed by atoms with Crippen LogP contribution in [0.4, 0.5) is 0 Å². The molecule has 2 fully saturated rings. The third-order valence-corrected chi connectivity index (χ3v) is 6.86. The molecule has 112 valence electrons. The summed E-state index contributed by atoms with van der Waals surface area (Å²) in [4.78, 5) is 0. The van der Waals surface area contributed by atoms with Gasteiger partial charge in [-0.05, 0) is 48.3 Å². The van der Waals surface area contributed by atoms with Gasteiger partial charge in [-0.3, -0.25) is 0 Å². The van der Waals surface area contributed by atoms with Gasteiger partial charge < -0.3 is 0 Å². The summed E-state index contributed by atoms with van der Waals surface area (Å²) in [6, 6.07) is 0. The van der Waals surface area contributed by atoms with Crippen LogP contribution in [0.3, 0.4) is 0 Å². The molecule has 0 aliphatic heterocycles. The normalized spacial score (nSPS) is 41.2. The number of hydrogen-bond acceptors (Lipinski definition) is 0. The molecule has 19 heavy (non-hydrogen) atoms. The van der Waals surface area contributed by atoms with E-state index in [0.29, 0.717) is 10.8 Å². The van der Waals surface area contributed by atoms with Gasteiger partial charge in [-0.1, -0.05) is 59.8 Å². The Morgan fingerprint density at radius 1 is 1.00 bits per heavy atom. The highest BCUT2D eigenvalue weighted by molar-refractivity contribution is 6.20. The van der Waals surface area contributed by atoms with Gasteiger partial charge >= 0.3 is 0 Å². The Morgan fingerprint density at radius 2 is 1.68 bits per heavy atom. The van der Waals surface area contributed by atoms with E-state index in [0.717, 1.165) is 23.7 Å². The standard InChI is InChI=1S/C18H33Cl/c1-5-14-8-6-7-9-15(14)18(3,4)16-11-10-13(2)12-17(16)19/h13-17H,5-12H2,1-4H3. The summed E-state index contributed by atoms with van der Waals surface area (Å²) in [5, 5.41) is 0.415. The van der Waals surface area contributed by atoms with Crippen molar-refractivity contribution in [2.75, 3.05) is 0 Å². The van der Waals surface area contributed by atoms with E-state index in [1.165, 1.54) is 51.4 Å². The van der Waals surface area contributed by atoms with E-state index < -0.39 is 0 Å². The molecule has 0 bridgehead atoms. The average molecular weight is 285 g/mol. The Morgan fingerprint density at radius 3 is 2.32 bits per heavy atom. The number of alkyl halides is 1. The van der Waals surface area contributed by atoms with Crippen LogP contribution in [0.2, 0.25) is 0 Å². The first-order chi connectivity index (χ1) is 8.96. The molecule has 2 saturated carbocycles. The van der Waals surface area contributed by atoms with Crippen LogP contribution < -0.4 is 0 Å². The fourth-order valence-electron chi connectivity index (χ4n) is 5.10. The average Bonchev–Trinajstić information content (AvgIpc) is 2.38. The molecule has 0 aromatic carbocycles. The minimum Gasteiger partial charge on any atom is -0.123 e. The summed E-state index contributed by atoms with van der Waals surface area (Å²) in [7, 11) is 0. The number of hydrogen-bond donors (Lipinski definition) is 0. The van der Waals surface area contributed by atoms with Crippen molar-refractivity contribution in [3.05, 3.63) is 0 Å². The smallest absolute Gasteiger partial charge is 0.0372 e. The second-order valence-corrected chi connectivity index (χ2v) is 8.48. The summed E-state index contributed by atoms with van der Waals surface area (Å²) in [5.41, 5.74) is 0.438. The van der Waals surface area contributed by atoms with Gasteiger partial charge in [0.05, 0.1) is 0 Å². The summed E-state index contributed by atoms with van der Waals surface area (Å²) in [6.07, 6.45) is 11.2. The molecule has 0 spiro atoms. The van der Waals surface area contributed by atoms with Crippen molar-refractivity contribution in [3.63, 3.8) is 0 Å². The molecule has 2 aliphatic rings. The van der Waals surface area contributed by atoms with Crippen molar-refractivity contribution in [1.82, 2.24) is 0 Å². The van der Waals surface area contributed by atoms with Gasteiger partial charge in [0.15, 0.2) is 0 Å². The highest BCUT2D eigenvalue weighted by Crippen LogP contribution is 2.52. The van der Waals surface area contributed by atoms with Crippen LogP contribution in [0.15, 0.2) is 0 Å². The molecule has 2 aliphatic carbocycles. The SMILES string of the molecule is CCC1CCCCC1C(C)(C)C1CCC(C)CC1Cl. The minimum atomic E-state index is 0.415. The monoisotopic (exact) mass is 284 g/mol. The van der Waals surface area contributed by atoms with Crippen LogP contribution in [0.25, 0.3) is 0 Å². The first kappa shape index (κ1) is 15.7. The van der Waals surface area contributed by atoms with Crippen LogP contribution in [0, 0.1) is 29.1 Å². The maximum atomic E-state index is 6.77. The largest absolute Gasteiger partial charge is 0.123 e. The Labute approximate surface area is 125 Å². The highest BCUT2D eigenvalue weighted by Gasteiger charge is 2.45. The fraction of sp³-hybridized carbons (Fsp3) is 1.00. The van der Waals surface area contributed by atoms with E-state index in [1.807, 2.05) is 0 Å². The van der Waals surface area contributed by atoms with Crippen LogP contribution in [0.1, 0.15) is 79.1 Å². The van der Waals surface area contributed by atoms with Crippen LogP contribution in [-0.2, 0) is 0 Å². The van der Waals surface area contributed by atoms with E-state index in [2.05, 4.69) is 27.7 Å². The number of halogens is 1. The van der Waals surface area contributed by atoms with Crippen molar-refractivity contribution in [2.45, 2.75) is 84.4 Å². The Balaban J connectivity index is 2.11. The second kappa shape index (κ2) is 6.37. The lowest BCUT2D eigenvalue weighted by Crippen LogP contribution is -2.44. The zero-order valence-electron chi connectivity index (χ0n) is 13.4. The minimum absolute atomic E-state index is 0.415. The van der Waals surface area contributed by atoms with E-state index in [9.17, 15) is 0 Å². The molecule has 1 heteroatoms. The Hall–Kier alpha value is 0.290. The summed E-state index contributed by atoms with van der Waals surface area (Å²) < 4.78 is 0. The van der Waals surface area contributed by atoms with E-state index >= 15 is 0 Å². The zero-order valence-corrected chi connectivity index (χ0v) is 14.2. The third kappa shape index (κ3) is 3.31.